The van der Waals surface area contributed by atoms with Gasteiger partial charge in [0.05, 0.1) is 7.11 Å². The summed E-state index contributed by atoms with van der Waals surface area (Å²) < 4.78 is 5.25. The third-order valence-electron chi connectivity index (χ3n) is 4.04. The van der Waals surface area contributed by atoms with Crippen LogP contribution >= 0.6 is 0 Å². The second-order valence-corrected chi connectivity index (χ2v) is 5.08. The maximum atomic E-state index is 5.25. The van der Waals surface area contributed by atoms with Gasteiger partial charge in [-0.3, -0.25) is 4.98 Å². The molecular formula is C18H23NO. The summed E-state index contributed by atoms with van der Waals surface area (Å²) in [7, 11) is 1.71. The van der Waals surface area contributed by atoms with E-state index in [9.17, 15) is 0 Å². The minimum absolute atomic E-state index is 0.535. The molecule has 2 nitrogen and oxygen atoms in total. The normalized spacial score (nSPS) is 13.8. The summed E-state index contributed by atoms with van der Waals surface area (Å²) >= 11 is 0. The standard InChI is InChI=1S/C18H23NO/c1-4-17(14-6-8-16(20-3)9-7-14)18(5-2)15-10-12-19-13-11-15/h6-13,17-18H,4-5H2,1-3H3/t17-,18-/m0/s1. The largest absolute Gasteiger partial charge is 0.497 e. The number of rotatable bonds is 6. The number of nitrogens with zero attached hydrogens (tertiary/aromatic N) is 1. The Morgan fingerprint density at radius 2 is 1.35 bits per heavy atom. The van der Waals surface area contributed by atoms with Gasteiger partial charge in [-0.2, -0.15) is 0 Å². The van der Waals surface area contributed by atoms with Crippen molar-refractivity contribution in [2.45, 2.75) is 38.5 Å². The Morgan fingerprint density at radius 1 is 0.850 bits per heavy atom. The lowest BCUT2D eigenvalue weighted by atomic mass is 9.78. The van der Waals surface area contributed by atoms with Crippen molar-refractivity contribution in [3.05, 3.63) is 59.9 Å². The summed E-state index contributed by atoms with van der Waals surface area (Å²) in [5.74, 6) is 1.99. The Labute approximate surface area is 121 Å². The van der Waals surface area contributed by atoms with E-state index in [1.165, 1.54) is 11.1 Å². The Balaban J connectivity index is 2.29. The zero-order valence-electron chi connectivity index (χ0n) is 12.5. The maximum Gasteiger partial charge on any atom is 0.118 e. The summed E-state index contributed by atoms with van der Waals surface area (Å²) in [6.45, 7) is 4.52. The van der Waals surface area contributed by atoms with Gasteiger partial charge in [-0.15, -0.1) is 0 Å². The zero-order chi connectivity index (χ0) is 14.4. The number of ether oxygens (including phenoxy) is 1. The van der Waals surface area contributed by atoms with Crippen molar-refractivity contribution >= 4 is 0 Å². The lowest BCUT2D eigenvalue weighted by Crippen LogP contribution is -2.10. The van der Waals surface area contributed by atoms with Crippen LogP contribution in [0.4, 0.5) is 0 Å². The van der Waals surface area contributed by atoms with Gasteiger partial charge in [-0.25, -0.2) is 0 Å². The first-order chi connectivity index (χ1) is 9.80. The Morgan fingerprint density at radius 3 is 1.80 bits per heavy atom. The van der Waals surface area contributed by atoms with Crippen LogP contribution in [0.5, 0.6) is 5.75 Å². The maximum absolute atomic E-state index is 5.25. The fourth-order valence-electron chi connectivity index (χ4n) is 2.97. The van der Waals surface area contributed by atoms with Crippen molar-refractivity contribution < 1.29 is 4.74 Å². The Bertz CT molecular complexity index is 507. The van der Waals surface area contributed by atoms with E-state index >= 15 is 0 Å². The van der Waals surface area contributed by atoms with Gasteiger partial charge in [0.2, 0.25) is 0 Å². The topological polar surface area (TPSA) is 22.1 Å². The van der Waals surface area contributed by atoms with Crippen molar-refractivity contribution in [3.8, 4) is 5.75 Å². The lowest BCUT2D eigenvalue weighted by molar-refractivity contribution is 0.414. The number of hydrogen-bond acceptors (Lipinski definition) is 2. The van der Waals surface area contributed by atoms with Crippen LogP contribution < -0.4 is 4.74 Å². The lowest BCUT2D eigenvalue weighted by Gasteiger charge is -2.26. The van der Waals surface area contributed by atoms with Crippen LogP contribution in [-0.2, 0) is 0 Å². The van der Waals surface area contributed by atoms with Crippen LogP contribution in [-0.4, -0.2) is 12.1 Å². The van der Waals surface area contributed by atoms with Crippen LogP contribution in [0, 0.1) is 0 Å². The van der Waals surface area contributed by atoms with Gasteiger partial charge in [0.15, 0.2) is 0 Å². The number of aromatic nitrogens is 1. The zero-order valence-corrected chi connectivity index (χ0v) is 12.5. The van der Waals surface area contributed by atoms with E-state index in [0.717, 1.165) is 18.6 Å². The summed E-state index contributed by atoms with van der Waals surface area (Å²) in [5, 5.41) is 0. The molecule has 1 aromatic heterocycles. The van der Waals surface area contributed by atoms with E-state index in [4.69, 9.17) is 4.74 Å². The van der Waals surface area contributed by atoms with E-state index in [-0.39, 0.29) is 0 Å². The molecule has 1 aromatic carbocycles. The second kappa shape index (κ2) is 7.09. The first-order valence-electron chi connectivity index (χ1n) is 7.34. The minimum atomic E-state index is 0.535. The first-order valence-corrected chi connectivity index (χ1v) is 7.34. The summed E-state index contributed by atoms with van der Waals surface area (Å²) in [6, 6.07) is 12.8. The highest BCUT2D eigenvalue weighted by Crippen LogP contribution is 2.38. The van der Waals surface area contributed by atoms with E-state index in [0.29, 0.717) is 11.8 Å². The Hall–Kier alpha value is -1.83. The molecule has 2 atom stereocenters. The van der Waals surface area contributed by atoms with Gasteiger partial charge >= 0.3 is 0 Å². The summed E-state index contributed by atoms with van der Waals surface area (Å²) in [5.41, 5.74) is 2.77. The Kier molecular flexibility index (Phi) is 5.16. The quantitative estimate of drug-likeness (QED) is 0.753. The van der Waals surface area contributed by atoms with Crippen molar-refractivity contribution in [2.75, 3.05) is 7.11 Å². The molecular weight excluding hydrogens is 246 g/mol. The van der Waals surface area contributed by atoms with E-state index in [1.54, 1.807) is 7.11 Å². The molecule has 0 aliphatic heterocycles. The molecule has 2 aromatic rings. The second-order valence-electron chi connectivity index (χ2n) is 5.08. The third-order valence-corrected chi connectivity index (χ3v) is 4.04. The number of hydrogen-bond donors (Lipinski definition) is 0. The molecule has 1 heterocycles. The van der Waals surface area contributed by atoms with Gasteiger partial charge in [0.1, 0.15) is 5.75 Å². The molecule has 0 aliphatic carbocycles. The van der Waals surface area contributed by atoms with Gasteiger partial charge in [-0.05, 0) is 60.1 Å². The number of pyridine rings is 1. The third kappa shape index (κ3) is 3.19. The SMILES string of the molecule is CC[C@@H](c1ccncc1)[C@@H](CC)c1ccc(OC)cc1. The van der Waals surface area contributed by atoms with Crippen LogP contribution in [0.25, 0.3) is 0 Å². The molecule has 2 rings (SSSR count). The summed E-state index contributed by atoms with van der Waals surface area (Å²) in [4.78, 5) is 4.13. The molecule has 0 radical (unpaired) electrons. The molecule has 0 fully saturated rings. The molecule has 20 heavy (non-hydrogen) atoms. The van der Waals surface area contributed by atoms with Gasteiger partial charge in [0.25, 0.3) is 0 Å². The van der Waals surface area contributed by atoms with Crippen molar-refractivity contribution in [2.24, 2.45) is 0 Å². The van der Waals surface area contributed by atoms with Crippen LogP contribution in [0.1, 0.15) is 49.7 Å². The van der Waals surface area contributed by atoms with E-state index < -0.39 is 0 Å². The summed E-state index contributed by atoms with van der Waals surface area (Å²) in [6.07, 6.45) is 6.04. The highest BCUT2D eigenvalue weighted by molar-refractivity contribution is 5.32. The van der Waals surface area contributed by atoms with E-state index in [2.05, 4.69) is 55.2 Å². The molecule has 0 aliphatic rings. The fraction of sp³-hybridized carbons (Fsp3) is 0.389. The molecule has 0 unspecified atom stereocenters. The van der Waals surface area contributed by atoms with Gasteiger partial charge < -0.3 is 4.74 Å². The van der Waals surface area contributed by atoms with Crippen LogP contribution in [0.3, 0.4) is 0 Å². The average molecular weight is 269 g/mol. The first kappa shape index (κ1) is 14.6. The van der Waals surface area contributed by atoms with Crippen LogP contribution in [0.15, 0.2) is 48.8 Å². The molecule has 0 saturated heterocycles. The molecule has 0 saturated carbocycles. The van der Waals surface area contributed by atoms with E-state index in [1.807, 2.05) is 12.4 Å². The molecule has 2 heteroatoms. The molecule has 0 spiro atoms. The predicted molar refractivity (Wildman–Crippen MR) is 83.3 cm³/mol. The van der Waals surface area contributed by atoms with Crippen LogP contribution in [0.2, 0.25) is 0 Å². The molecule has 0 bridgehead atoms. The highest BCUT2D eigenvalue weighted by Gasteiger charge is 2.21. The molecule has 0 N–H and O–H groups in total. The average Bonchev–Trinajstić information content (AvgIpc) is 2.53. The van der Waals surface area contributed by atoms with Crippen molar-refractivity contribution in [1.82, 2.24) is 4.98 Å². The fourth-order valence-corrected chi connectivity index (χ4v) is 2.97. The number of benzene rings is 1. The van der Waals surface area contributed by atoms with Crippen molar-refractivity contribution in [1.29, 1.82) is 0 Å². The smallest absolute Gasteiger partial charge is 0.118 e. The molecule has 0 amide bonds. The predicted octanol–water partition coefficient (Wildman–Crippen LogP) is 4.78. The van der Waals surface area contributed by atoms with Gasteiger partial charge in [-0.1, -0.05) is 26.0 Å². The minimum Gasteiger partial charge on any atom is -0.497 e. The number of methoxy groups -OCH3 is 1. The van der Waals surface area contributed by atoms with Gasteiger partial charge in [0, 0.05) is 12.4 Å². The van der Waals surface area contributed by atoms with Crippen molar-refractivity contribution in [3.63, 3.8) is 0 Å². The monoisotopic (exact) mass is 269 g/mol. The molecule has 106 valence electrons. The highest BCUT2D eigenvalue weighted by atomic mass is 16.5.